The fourth-order valence-electron chi connectivity index (χ4n) is 2.37. The molecule has 0 aliphatic rings. The van der Waals surface area contributed by atoms with Crippen molar-refractivity contribution >= 4 is 23.3 Å². The van der Waals surface area contributed by atoms with Crippen LogP contribution < -0.4 is 4.74 Å². The first-order chi connectivity index (χ1) is 13.0. The summed E-state index contributed by atoms with van der Waals surface area (Å²) in [7, 11) is 2.89. The zero-order valence-corrected chi connectivity index (χ0v) is 15.8. The summed E-state index contributed by atoms with van der Waals surface area (Å²) in [5.41, 5.74) is 1.39. The van der Waals surface area contributed by atoms with Crippen molar-refractivity contribution in [2.75, 3.05) is 14.2 Å². The van der Waals surface area contributed by atoms with Crippen molar-refractivity contribution in [3.05, 3.63) is 58.5 Å². The zero-order valence-electron chi connectivity index (χ0n) is 15.0. The number of carbonyl (C=O) groups is 2. The van der Waals surface area contributed by atoms with Gasteiger partial charge in [0.05, 0.1) is 14.2 Å². The number of methoxy groups -OCH3 is 2. The highest BCUT2D eigenvalue weighted by atomic mass is 32.1. The van der Waals surface area contributed by atoms with Crippen LogP contribution in [0.2, 0.25) is 0 Å². The Labute approximate surface area is 159 Å². The molecule has 0 aliphatic heterocycles. The molecular weight excluding hydrogens is 370 g/mol. The van der Waals surface area contributed by atoms with Gasteiger partial charge in [0, 0.05) is 10.9 Å². The van der Waals surface area contributed by atoms with Crippen LogP contribution in [-0.4, -0.2) is 31.1 Å². The molecule has 140 valence electrons. The Morgan fingerprint density at radius 3 is 2.56 bits per heavy atom. The molecule has 0 saturated heterocycles. The predicted octanol–water partition coefficient (Wildman–Crippen LogP) is 3.86. The van der Waals surface area contributed by atoms with Crippen LogP contribution in [0.1, 0.15) is 32.4 Å². The zero-order chi connectivity index (χ0) is 19.4. The van der Waals surface area contributed by atoms with Gasteiger partial charge in [-0.15, -0.1) is 11.3 Å². The Hall–Kier alpha value is -3.13. The van der Waals surface area contributed by atoms with E-state index < -0.39 is 11.9 Å². The molecule has 0 unspecified atom stereocenters. The maximum absolute atomic E-state index is 12.2. The third-order valence-corrected chi connectivity index (χ3v) is 4.66. The van der Waals surface area contributed by atoms with Crippen LogP contribution in [-0.2, 0) is 16.1 Å². The summed E-state index contributed by atoms with van der Waals surface area (Å²) in [6.45, 7) is 1.53. The number of esters is 2. The van der Waals surface area contributed by atoms with E-state index in [1.165, 1.54) is 24.5 Å². The first-order valence-corrected chi connectivity index (χ1v) is 8.84. The van der Waals surface area contributed by atoms with Crippen LogP contribution in [0.25, 0.3) is 10.6 Å². The minimum Gasteiger partial charge on any atom is -0.497 e. The molecule has 0 amide bonds. The number of aromatic nitrogens is 1. The quantitative estimate of drug-likeness (QED) is 0.593. The summed E-state index contributed by atoms with van der Waals surface area (Å²) in [5.74, 6) is 0.433. The molecular formula is C19H17NO6S. The standard InChI is InChI=1S/C19H17NO6S/c1-11-15(18(21)24-3)8-14(26-11)9-25-19(22)16-10-27-17(20-16)12-4-6-13(23-2)7-5-12/h4-8,10H,9H2,1-3H3. The predicted molar refractivity (Wildman–Crippen MR) is 98.0 cm³/mol. The molecule has 2 heterocycles. The number of carbonyl (C=O) groups excluding carboxylic acids is 2. The average Bonchev–Trinajstić information content (AvgIpc) is 3.32. The Morgan fingerprint density at radius 2 is 1.89 bits per heavy atom. The lowest BCUT2D eigenvalue weighted by Crippen LogP contribution is -2.05. The molecule has 0 N–H and O–H groups in total. The monoisotopic (exact) mass is 387 g/mol. The highest BCUT2D eigenvalue weighted by Crippen LogP contribution is 2.26. The summed E-state index contributed by atoms with van der Waals surface area (Å²) in [6, 6.07) is 8.89. The van der Waals surface area contributed by atoms with Crippen LogP contribution in [0.5, 0.6) is 5.75 Å². The highest BCUT2D eigenvalue weighted by molar-refractivity contribution is 7.13. The van der Waals surface area contributed by atoms with Crippen molar-refractivity contribution in [2.24, 2.45) is 0 Å². The number of ether oxygens (including phenoxy) is 3. The number of aryl methyl sites for hydroxylation is 1. The van der Waals surface area contributed by atoms with Crippen LogP contribution in [0.15, 0.2) is 40.1 Å². The van der Waals surface area contributed by atoms with Crippen LogP contribution in [0.3, 0.4) is 0 Å². The SMILES string of the molecule is COC(=O)c1cc(COC(=O)c2csc(-c3ccc(OC)cc3)n2)oc1C. The first-order valence-electron chi connectivity index (χ1n) is 7.96. The van der Waals surface area contributed by atoms with Crippen molar-refractivity contribution in [1.82, 2.24) is 4.98 Å². The number of nitrogens with zero attached hydrogens (tertiary/aromatic N) is 1. The van der Waals surface area contributed by atoms with Crippen molar-refractivity contribution in [2.45, 2.75) is 13.5 Å². The molecule has 0 atom stereocenters. The topological polar surface area (TPSA) is 87.9 Å². The van der Waals surface area contributed by atoms with Gasteiger partial charge in [-0.25, -0.2) is 14.6 Å². The number of hydrogen-bond acceptors (Lipinski definition) is 8. The van der Waals surface area contributed by atoms with Crippen LogP contribution in [0.4, 0.5) is 0 Å². The summed E-state index contributed by atoms with van der Waals surface area (Å²) < 4.78 is 20.4. The van der Waals surface area contributed by atoms with Gasteiger partial charge < -0.3 is 18.6 Å². The summed E-state index contributed by atoms with van der Waals surface area (Å²) >= 11 is 1.34. The number of hydrogen-bond donors (Lipinski definition) is 0. The molecule has 0 aliphatic carbocycles. The van der Waals surface area contributed by atoms with Crippen molar-refractivity contribution < 1.29 is 28.2 Å². The normalized spacial score (nSPS) is 10.5. The van der Waals surface area contributed by atoms with Crippen molar-refractivity contribution in [3.63, 3.8) is 0 Å². The highest BCUT2D eigenvalue weighted by Gasteiger charge is 2.18. The fraction of sp³-hybridized carbons (Fsp3) is 0.211. The fourth-order valence-corrected chi connectivity index (χ4v) is 3.17. The van der Waals surface area contributed by atoms with E-state index in [0.717, 1.165) is 11.3 Å². The van der Waals surface area contributed by atoms with E-state index in [2.05, 4.69) is 9.72 Å². The molecule has 0 fully saturated rings. The van der Waals surface area contributed by atoms with Gasteiger partial charge in [-0.2, -0.15) is 0 Å². The lowest BCUT2D eigenvalue weighted by molar-refractivity contribution is 0.0438. The van der Waals surface area contributed by atoms with Gasteiger partial charge in [0.15, 0.2) is 5.69 Å². The lowest BCUT2D eigenvalue weighted by atomic mass is 10.2. The second-order valence-electron chi connectivity index (χ2n) is 5.52. The third kappa shape index (κ3) is 4.17. The molecule has 0 radical (unpaired) electrons. The molecule has 3 rings (SSSR count). The second kappa shape index (κ2) is 8.05. The molecule has 0 saturated carbocycles. The number of rotatable bonds is 6. The van der Waals surface area contributed by atoms with E-state index in [0.29, 0.717) is 22.1 Å². The van der Waals surface area contributed by atoms with E-state index in [4.69, 9.17) is 13.9 Å². The van der Waals surface area contributed by atoms with E-state index in [1.54, 1.807) is 19.4 Å². The van der Waals surface area contributed by atoms with Gasteiger partial charge in [-0.1, -0.05) is 0 Å². The maximum Gasteiger partial charge on any atom is 0.358 e. The van der Waals surface area contributed by atoms with Crippen molar-refractivity contribution in [1.29, 1.82) is 0 Å². The summed E-state index contributed by atoms with van der Waals surface area (Å²) in [4.78, 5) is 28.1. The van der Waals surface area contributed by atoms with Gasteiger partial charge in [-0.05, 0) is 37.3 Å². The lowest BCUT2D eigenvalue weighted by Gasteiger charge is -2.01. The Bertz CT molecular complexity index is 957. The van der Waals surface area contributed by atoms with E-state index in [1.807, 2.05) is 24.3 Å². The number of furan rings is 1. The molecule has 1 aromatic carbocycles. The Kier molecular flexibility index (Phi) is 5.56. The van der Waals surface area contributed by atoms with E-state index >= 15 is 0 Å². The minimum absolute atomic E-state index is 0.105. The van der Waals surface area contributed by atoms with Crippen molar-refractivity contribution in [3.8, 4) is 16.3 Å². The number of benzene rings is 1. The maximum atomic E-state index is 12.2. The van der Waals surface area contributed by atoms with Crippen LogP contribution in [0, 0.1) is 6.92 Å². The molecule has 0 bridgehead atoms. The van der Waals surface area contributed by atoms with Gasteiger partial charge in [0.25, 0.3) is 0 Å². The van der Waals surface area contributed by atoms with Gasteiger partial charge >= 0.3 is 11.9 Å². The largest absolute Gasteiger partial charge is 0.497 e. The van der Waals surface area contributed by atoms with Crippen LogP contribution >= 0.6 is 11.3 Å². The molecule has 3 aromatic rings. The smallest absolute Gasteiger partial charge is 0.358 e. The van der Waals surface area contributed by atoms with Gasteiger partial charge in [0.2, 0.25) is 0 Å². The van der Waals surface area contributed by atoms with Gasteiger partial charge in [0.1, 0.15) is 34.4 Å². The Morgan fingerprint density at radius 1 is 1.15 bits per heavy atom. The van der Waals surface area contributed by atoms with Gasteiger partial charge in [-0.3, -0.25) is 0 Å². The average molecular weight is 387 g/mol. The van der Waals surface area contributed by atoms with E-state index in [9.17, 15) is 9.59 Å². The minimum atomic E-state index is -0.570. The summed E-state index contributed by atoms with van der Waals surface area (Å²) in [5, 5.41) is 2.33. The molecule has 27 heavy (non-hydrogen) atoms. The Balaban J connectivity index is 1.65. The first kappa shape index (κ1) is 18.7. The summed E-state index contributed by atoms with van der Waals surface area (Å²) in [6.07, 6.45) is 0. The van der Waals surface area contributed by atoms with E-state index in [-0.39, 0.29) is 12.3 Å². The third-order valence-electron chi connectivity index (χ3n) is 3.77. The number of thiazole rings is 1. The molecule has 2 aromatic heterocycles. The molecule has 7 nitrogen and oxygen atoms in total. The molecule has 0 spiro atoms. The molecule has 8 heteroatoms. The second-order valence-corrected chi connectivity index (χ2v) is 6.37.